The number of nitrogens with one attached hydrogen (secondary N) is 5. The van der Waals surface area contributed by atoms with Gasteiger partial charge in [-0.25, -0.2) is 18.9 Å². The molecule has 0 saturated carbocycles. The average Bonchev–Trinajstić information content (AvgIpc) is 4.06. The normalized spacial score (nSPS) is 20.5. The fourth-order valence-electron chi connectivity index (χ4n) is 8.79. The van der Waals surface area contributed by atoms with Gasteiger partial charge in [0.2, 0.25) is 29.2 Å². The minimum atomic E-state index is -4.84. The number of hydrogen-bond acceptors (Lipinski definition) is 12. The van der Waals surface area contributed by atoms with Gasteiger partial charge in [-0.3, -0.25) is 24.0 Å². The van der Waals surface area contributed by atoms with E-state index in [1.165, 1.54) is 24.3 Å². The lowest BCUT2D eigenvalue weighted by Gasteiger charge is -2.31. The molecule has 5 N–H and O–H groups in total. The SMILES string of the molecule is C[C@H](N(Cc1ccc(F)cc1)C(=O)CN1C(=O)O[C@@]2(CCc3cc(NC(=O)CCCC(=O)NCCCOCCOCCOCCCNC(=O)CCCC[C@@H]4SC[C@@H]5NC(=O)N[C@@H]54)ccc32)C1=O)C(F)(F)F. The number of ether oxygens (including phenoxy) is 4. The summed E-state index contributed by atoms with van der Waals surface area (Å²) in [6, 6.07) is 7.25. The maximum absolute atomic E-state index is 13.8. The third-order valence-electron chi connectivity index (χ3n) is 12.7. The Morgan fingerprint density at radius 1 is 0.845 bits per heavy atom. The van der Waals surface area contributed by atoms with E-state index in [0.717, 1.165) is 44.1 Å². The van der Waals surface area contributed by atoms with Gasteiger partial charge in [-0.15, -0.1) is 0 Å². The zero-order valence-electron chi connectivity index (χ0n) is 39.7. The number of unbranched alkanes of at least 4 members (excludes halogenated alkanes) is 1. The van der Waals surface area contributed by atoms with Crippen molar-refractivity contribution in [3.63, 3.8) is 0 Å². The fourth-order valence-corrected chi connectivity index (χ4v) is 10.3. The number of alkyl halides is 3. The highest BCUT2D eigenvalue weighted by atomic mass is 32.2. The van der Waals surface area contributed by atoms with Gasteiger partial charge in [0.15, 0.2) is 0 Å². The Hall–Kier alpha value is -5.52. The second kappa shape index (κ2) is 26.3. The van der Waals surface area contributed by atoms with Gasteiger partial charge in [-0.2, -0.15) is 24.9 Å². The van der Waals surface area contributed by atoms with Crippen molar-refractivity contribution in [3.05, 3.63) is 65.0 Å². The van der Waals surface area contributed by atoms with E-state index in [-0.39, 0.29) is 73.5 Å². The van der Waals surface area contributed by atoms with E-state index < -0.39 is 54.6 Å². The molecule has 390 valence electrons. The number of anilines is 1. The van der Waals surface area contributed by atoms with Crippen LogP contribution in [0.4, 0.5) is 32.8 Å². The molecule has 8 amide bonds. The number of rotatable bonds is 29. The Kier molecular flexibility index (Phi) is 20.3. The van der Waals surface area contributed by atoms with Gasteiger partial charge in [-0.1, -0.05) is 24.6 Å². The van der Waals surface area contributed by atoms with Crippen molar-refractivity contribution in [1.82, 2.24) is 31.1 Å². The molecule has 1 spiro atoms. The number of urea groups is 1. The maximum Gasteiger partial charge on any atom is 0.418 e. The highest BCUT2D eigenvalue weighted by Crippen LogP contribution is 2.46. The van der Waals surface area contributed by atoms with Gasteiger partial charge in [0.1, 0.15) is 18.4 Å². The molecule has 71 heavy (non-hydrogen) atoms. The lowest BCUT2D eigenvalue weighted by Crippen LogP contribution is -2.51. The molecule has 1 aliphatic carbocycles. The van der Waals surface area contributed by atoms with Crippen LogP contribution in [0.2, 0.25) is 0 Å². The molecule has 0 unspecified atom stereocenters. The minimum Gasteiger partial charge on any atom is -0.427 e. The summed E-state index contributed by atoms with van der Waals surface area (Å²) in [7, 11) is 0. The number of imide groups is 1. The van der Waals surface area contributed by atoms with Crippen LogP contribution in [0.3, 0.4) is 0 Å². The number of fused-ring (bicyclic) bond motifs is 3. The maximum atomic E-state index is 13.8. The first-order valence-corrected chi connectivity index (χ1v) is 25.1. The summed E-state index contributed by atoms with van der Waals surface area (Å²) in [6.45, 7) is 2.70. The Morgan fingerprint density at radius 2 is 1.48 bits per heavy atom. The van der Waals surface area contributed by atoms with Gasteiger partial charge in [0.25, 0.3) is 5.91 Å². The second-order valence-electron chi connectivity index (χ2n) is 17.8. The summed E-state index contributed by atoms with van der Waals surface area (Å²) >= 11 is 1.88. The minimum absolute atomic E-state index is 0.0119. The first-order chi connectivity index (χ1) is 34.0. The average molecular weight is 1020 g/mol. The fraction of sp³-hybridized carbons (Fsp3) is 0.604. The summed E-state index contributed by atoms with van der Waals surface area (Å²) in [5.41, 5.74) is -0.264. The molecule has 23 heteroatoms. The number of nitrogens with zero attached hydrogens (tertiary/aromatic N) is 2. The molecule has 5 atom stereocenters. The molecule has 2 aromatic rings. The monoisotopic (exact) mass is 1020 g/mol. The number of carbonyl (C=O) groups is 7. The van der Waals surface area contributed by atoms with Gasteiger partial charge >= 0.3 is 18.3 Å². The van der Waals surface area contributed by atoms with Crippen molar-refractivity contribution in [2.75, 3.05) is 70.3 Å². The van der Waals surface area contributed by atoms with Crippen LogP contribution >= 0.6 is 11.8 Å². The number of halogens is 4. The van der Waals surface area contributed by atoms with E-state index in [1.54, 1.807) is 6.07 Å². The Labute approximate surface area is 413 Å². The summed E-state index contributed by atoms with van der Waals surface area (Å²) in [5.74, 6) is -2.27. The largest absolute Gasteiger partial charge is 0.427 e. The summed E-state index contributed by atoms with van der Waals surface area (Å²) in [5, 5.41) is 14.8. The molecule has 3 aliphatic heterocycles. The van der Waals surface area contributed by atoms with Crippen molar-refractivity contribution in [1.29, 1.82) is 0 Å². The van der Waals surface area contributed by atoms with E-state index in [2.05, 4.69) is 26.6 Å². The van der Waals surface area contributed by atoms with E-state index in [0.29, 0.717) is 104 Å². The van der Waals surface area contributed by atoms with Crippen LogP contribution in [0.15, 0.2) is 42.5 Å². The predicted molar refractivity (Wildman–Crippen MR) is 251 cm³/mol. The van der Waals surface area contributed by atoms with Crippen molar-refractivity contribution in [2.45, 2.75) is 119 Å². The molecule has 3 heterocycles. The van der Waals surface area contributed by atoms with Crippen LogP contribution in [0.25, 0.3) is 0 Å². The highest BCUT2D eigenvalue weighted by molar-refractivity contribution is 8.00. The topological polar surface area (TPSA) is 223 Å². The van der Waals surface area contributed by atoms with Crippen LogP contribution in [0.1, 0.15) is 87.8 Å². The quantitative estimate of drug-likeness (QED) is 0.0421. The van der Waals surface area contributed by atoms with E-state index >= 15 is 0 Å². The van der Waals surface area contributed by atoms with Crippen LogP contribution in [-0.2, 0) is 61.5 Å². The molecule has 3 fully saturated rings. The molecular formula is C48H63F4N7O11S. The molecular weight excluding hydrogens is 959 g/mol. The van der Waals surface area contributed by atoms with Crippen LogP contribution in [-0.4, -0.2) is 146 Å². The lowest BCUT2D eigenvalue weighted by molar-refractivity contribution is -0.187. The van der Waals surface area contributed by atoms with Crippen molar-refractivity contribution in [2.24, 2.45) is 0 Å². The number of benzene rings is 2. The van der Waals surface area contributed by atoms with E-state index in [4.69, 9.17) is 18.9 Å². The number of amides is 8. The van der Waals surface area contributed by atoms with Gasteiger partial charge in [0, 0.05) is 80.8 Å². The van der Waals surface area contributed by atoms with E-state index in [9.17, 15) is 51.1 Å². The molecule has 0 aromatic heterocycles. The van der Waals surface area contributed by atoms with Crippen LogP contribution in [0.5, 0.6) is 0 Å². The zero-order valence-corrected chi connectivity index (χ0v) is 40.5. The zero-order chi connectivity index (χ0) is 51.0. The standard InChI is InChI=1S/C48H63F4N7O11S/c1-31(48(50,51)52)58(28-32-11-13-34(49)14-12-32)42(63)29-59-44(64)47(70-46(59)66)18-17-33-27-35(15-16-36(33)47)55-41(62)10-4-9-40(61)54-20-6-22-68-24-26-69-25-23-67-21-5-19-53-39(60)8-3-2-7-38-43-37(30-71-38)56-45(65)57-43/h11-16,27,31,37-38,43H,2-10,17-26,28-30H2,1H3,(H,53,60)(H,54,61)(H,55,62)(H2,56,57,65)/t31-,37-,38-,43-,47+/m0/s1. The van der Waals surface area contributed by atoms with Crippen LogP contribution < -0.4 is 26.6 Å². The molecule has 2 aromatic carbocycles. The molecule has 4 aliphatic rings. The molecule has 18 nitrogen and oxygen atoms in total. The highest BCUT2D eigenvalue weighted by Gasteiger charge is 2.59. The molecule has 0 bridgehead atoms. The van der Waals surface area contributed by atoms with Gasteiger partial charge in [-0.05, 0) is 80.8 Å². The summed E-state index contributed by atoms with van der Waals surface area (Å²) in [4.78, 5) is 89.8. The Bertz CT molecular complexity index is 2190. The van der Waals surface area contributed by atoms with Gasteiger partial charge < -0.3 is 50.4 Å². The number of aryl methyl sites for hydroxylation is 1. The van der Waals surface area contributed by atoms with Crippen LogP contribution in [0, 0.1) is 5.82 Å². The number of carbonyl (C=O) groups excluding carboxylic acids is 7. The smallest absolute Gasteiger partial charge is 0.418 e. The third-order valence-corrected chi connectivity index (χ3v) is 14.2. The van der Waals surface area contributed by atoms with Gasteiger partial charge in [0.05, 0.1) is 38.5 Å². The molecule has 3 saturated heterocycles. The molecule has 6 rings (SSSR count). The third kappa shape index (κ3) is 15.7. The van der Waals surface area contributed by atoms with E-state index in [1.807, 2.05) is 11.8 Å². The van der Waals surface area contributed by atoms with Crippen molar-refractivity contribution in [3.8, 4) is 0 Å². The summed E-state index contributed by atoms with van der Waals surface area (Å²) < 4.78 is 77.1. The van der Waals surface area contributed by atoms with Crippen molar-refractivity contribution < 1.29 is 70.1 Å². The first-order valence-electron chi connectivity index (χ1n) is 24.1. The Morgan fingerprint density at radius 3 is 2.14 bits per heavy atom. The number of thioether (sulfide) groups is 1. The summed E-state index contributed by atoms with van der Waals surface area (Å²) in [6.07, 6.45) is -0.768. The number of hydrogen-bond donors (Lipinski definition) is 5. The molecule has 0 radical (unpaired) electrons. The van der Waals surface area contributed by atoms with Crippen molar-refractivity contribution >= 4 is 59.1 Å². The predicted octanol–water partition coefficient (Wildman–Crippen LogP) is 4.82. The first kappa shape index (κ1) is 54.8. The Balaban J connectivity index is 0.761. The lowest BCUT2D eigenvalue weighted by atomic mass is 9.94. The second-order valence-corrected chi connectivity index (χ2v) is 19.1.